The minimum Gasteiger partial charge on any atom is -0.338 e. The van der Waals surface area contributed by atoms with E-state index in [-0.39, 0.29) is 6.03 Å². The average Bonchev–Trinajstić information content (AvgIpc) is 3.43. The Bertz CT molecular complexity index is 580. The van der Waals surface area contributed by atoms with Crippen molar-refractivity contribution in [2.75, 3.05) is 36.4 Å². The smallest absolute Gasteiger partial charge is 0.319 e. The molecule has 0 aromatic carbocycles. The van der Waals surface area contributed by atoms with Crippen molar-refractivity contribution >= 4 is 17.7 Å². The van der Waals surface area contributed by atoms with E-state index in [9.17, 15) is 4.79 Å². The lowest BCUT2D eigenvalue weighted by Gasteiger charge is -2.27. The van der Waals surface area contributed by atoms with E-state index in [1.54, 1.807) is 12.4 Å². The zero-order valence-corrected chi connectivity index (χ0v) is 14.7. The van der Waals surface area contributed by atoms with Crippen molar-refractivity contribution < 1.29 is 4.79 Å². The molecule has 3 fully saturated rings. The van der Waals surface area contributed by atoms with Gasteiger partial charge in [-0.15, -0.1) is 0 Å². The predicted molar refractivity (Wildman–Crippen MR) is 97.7 cm³/mol. The van der Waals surface area contributed by atoms with Gasteiger partial charge >= 0.3 is 6.03 Å². The molecule has 25 heavy (non-hydrogen) atoms. The molecule has 136 valence electrons. The van der Waals surface area contributed by atoms with Crippen LogP contribution in [0.2, 0.25) is 0 Å². The van der Waals surface area contributed by atoms with E-state index < -0.39 is 0 Å². The Morgan fingerprint density at radius 1 is 1.12 bits per heavy atom. The van der Waals surface area contributed by atoms with Crippen LogP contribution in [0.1, 0.15) is 38.5 Å². The third kappa shape index (κ3) is 4.21. The molecule has 1 saturated heterocycles. The summed E-state index contributed by atoms with van der Waals surface area (Å²) in [7, 11) is 0. The highest BCUT2D eigenvalue weighted by Gasteiger charge is 2.43. The van der Waals surface area contributed by atoms with Crippen LogP contribution in [0, 0.1) is 11.8 Å². The van der Waals surface area contributed by atoms with Gasteiger partial charge in [-0.1, -0.05) is 32.1 Å². The quantitative estimate of drug-likeness (QED) is 0.778. The number of urea groups is 1. The molecule has 4 rings (SSSR count). The van der Waals surface area contributed by atoms with Crippen molar-refractivity contribution in [2.45, 2.75) is 44.6 Å². The van der Waals surface area contributed by atoms with Crippen LogP contribution in [-0.4, -0.2) is 48.2 Å². The van der Waals surface area contributed by atoms with Gasteiger partial charge in [0.15, 0.2) is 0 Å². The zero-order chi connectivity index (χ0) is 17.1. The molecule has 2 aliphatic carbocycles. The first-order valence-corrected chi connectivity index (χ1v) is 9.65. The van der Waals surface area contributed by atoms with Gasteiger partial charge in [-0.3, -0.25) is 0 Å². The number of rotatable bonds is 4. The molecule has 0 spiro atoms. The summed E-state index contributed by atoms with van der Waals surface area (Å²) in [5.41, 5.74) is 0.645. The lowest BCUT2D eigenvalue weighted by Crippen LogP contribution is -2.44. The average molecular weight is 344 g/mol. The maximum atomic E-state index is 12.2. The monoisotopic (exact) mass is 344 g/mol. The van der Waals surface area contributed by atoms with Gasteiger partial charge in [0, 0.05) is 32.2 Å². The first-order chi connectivity index (χ1) is 12.3. The third-order valence-corrected chi connectivity index (χ3v) is 5.71. The first kappa shape index (κ1) is 16.6. The summed E-state index contributed by atoms with van der Waals surface area (Å²) >= 11 is 0. The van der Waals surface area contributed by atoms with Crippen LogP contribution < -0.4 is 20.9 Å². The van der Waals surface area contributed by atoms with Gasteiger partial charge < -0.3 is 20.9 Å². The van der Waals surface area contributed by atoms with Crippen molar-refractivity contribution in [3.63, 3.8) is 0 Å². The lowest BCUT2D eigenvalue weighted by molar-refractivity contribution is 0.249. The molecule has 1 aromatic heterocycles. The molecule has 0 bridgehead atoms. The topological polar surface area (TPSA) is 82.2 Å². The number of piperazine rings is 1. The molecule has 2 atom stereocenters. The van der Waals surface area contributed by atoms with Gasteiger partial charge in [0.25, 0.3) is 0 Å². The number of nitrogens with zero attached hydrogens (tertiary/aromatic N) is 3. The van der Waals surface area contributed by atoms with Crippen molar-refractivity contribution in [1.29, 1.82) is 0 Å². The second kappa shape index (κ2) is 7.56. The van der Waals surface area contributed by atoms with Crippen molar-refractivity contribution in [1.82, 2.24) is 20.6 Å². The first-order valence-electron chi connectivity index (χ1n) is 9.65. The maximum Gasteiger partial charge on any atom is 0.319 e. The summed E-state index contributed by atoms with van der Waals surface area (Å²) < 4.78 is 0. The molecule has 2 unspecified atom stereocenters. The SMILES string of the molecule is O=C(Nc1cnc(N2CCNCC2)nc1)NC1CC1C1CCCCC1. The molecule has 3 aliphatic rings. The third-order valence-electron chi connectivity index (χ3n) is 5.71. The largest absolute Gasteiger partial charge is 0.338 e. The highest BCUT2D eigenvalue weighted by atomic mass is 16.2. The van der Waals surface area contributed by atoms with Crippen LogP contribution >= 0.6 is 0 Å². The molecule has 2 saturated carbocycles. The van der Waals surface area contributed by atoms with Gasteiger partial charge in [-0.25, -0.2) is 14.8 Å². The fraction of sp³-hybridized carbons (Fsp3) is 0.722. The van der Waals surface area contributed by atoms with Gasteiger partial charge in [-0.05, 0) is 18.3 Å². The van der Waals surface area contributed by atoms with Crippen LogP contribution in [-0.2, 0) is 0 Å². The molecular formula is C18H28N6O. The van der Waals surface area contributed by atoms with Gasteiger partial charge in [-0.2, -0.15) is 0 Å². The predicted octanol–water partition coefficient (Wildman–Crippen LogP) is 1.98. The highest BCUT2D eigenvalue weighted by Crippen LogP contribution is 2.44. The number of nitrogens with one attached hydrogen (secondary N) is 3. The summed E-state index contributed by atoms with van der Waals surface area (Å²) in [4.78, 5) is 23.1. The second-order valence-electron chi connectivity index (χ2n) is 7.51. The van der Waals surface area contributed by atoms with E-state index in [0.717, 1.165) is 44.5 Å². The lowest BCUT2D eigenvalue weighted by atomic mass is 9.85. The zero-order valence-electron chi connectivity index (χ0n) is 14.7. The Balaban J connectivity index is 1.24. The van der Waals surface area contributed by atoms with Crippen molar-refractivity contribution in [3.05, 3.63) is 12.4 Å². The molecule has 1 aliphatic heterocycles. The van der Waals surface area contributed by atoms with Crippen LogP contribution in [0.15, 0.2) is 12.4 Å². The van der Waals surface area contributed by atoms with E-state index in [0.29, 0.717) is 17.6 Å². The number of hydrogen-bond acceptors (Lipinski definition) is 5. The summed E-state index contributed by atoms with van der Waals surface area (Å²) in [5.74, 6) is 2.24. The van der Waals surface area contributed by atoms with E-state index in [2.05, 4.69) is 30.8 Å². The Hall–Kier alpha value is -1.89. The normalized spacial score (nSPS) is 27.0. The fourth-order valence-corrected chi connectivity index (χ4v) is 4.21. The summed E-state index contributed by atoms with van der Waals surface area (Å²) in [6.45, 7) is 3.74. The van der Waals surface area contributed by atoms with Crippen LogP contribution in [0.25, 0.3) is 0 Å². The summed E-state index contributed by atoms with van der Waals surface area (Å²) in [6, 6.07) is 0.214. The molecule has 2 heterocycles. The van der Waals surface area contributed by atoms with E-state index >= 15 is 0 Å². The molecule has 0 radical (unpaired) electrons. The number of carbonyl (C=O) groups excluding carboxylic acids is 1. The van der Waals surface area contributed by atoms with E-state index in [4.69, 9.17) is 0 Å². The molecule has 3 N–H and O–H groups in total. The minimum absolute atomic E-state index is 0.137. The number of hydrogen-bond donors (Lipinski definition) is 3. The van der Waals surface area contributed by atoms with Crippen molar-refractivity contribution in [2.24, 2.45) is 11.8 Å². The maximum absolute atomic E-state index is 12.2. The summed E-state index contributed by atoms with van der Waals surface area (Å²) in [6.07, 6.45) is 11.3. The van der Waals surface area contributed by atoms with E-state index in [1.165, 1.54) is 32.1 Å². The highest BCUT2D eigenvalue weighted by molar-refractivity contribution is 5.89. The molecule has 2 amide bonds. The Kier molecular flexibility index (Phi) is 5.01. The Morgan fingerprint density at radius 2 is 1.84 bits per heavy atom. The minimum atomic E-state index is -0.137. The standard InChI is InChI=1S/C18H28N6O/c25-18(23-16-10-15(16)13-4-2-1-3-5-13)22-14-11-20-17(21-12-14)24-8-6-19-7-9-24/h11-13,15-16,19H,1-10H2,(H2,22,23,25). The van der Waals surface area contributed by atoms with Gasteiger partial charge in [0.1, 0.15) is 0 Å². The van der Waals surface area contributed by atoms with Crippen LogP contribution in [0.5, 0.6) is 0 Å². The van der Waals surface area contributed by atoms with Gasteiger partial charge in [0.2, 0.25) is 5.95 Å². The molecule has 1 aromatic rings. The number of anilines is 2. The van der Waals surface area contributed by atoms with E-state index in [1.807, 2.05) is 0 Å². The van der Waals surface area contributed by atoms with Crippen molar-refractivity contribution in [3.8, 4) is 0 Å². The number of aromatic nitrogens is 2. The number of carbonyl (C=O) groups is 1. The molecule has 7 nitrogen and oxygen atoms in total. The van der Waals surface area contributed by atoms with Crippen LogP contribution in [0.4, 0.5) is 16.4 Å². The molecular weight excluding hydrogens is 316 g/mol. The van der Waals surface area contributed by atoms with Gasteiger partial charge in [0.05, 0.1) is 18.1 Å². The summed E-state index contributed by atoms with van der Waals surface area (Å²) in [5, 5.41) is 9.28. The molecule has 7 heteroatoms. The van der Waals surface area contributed by atoms with Crippen LogP contribution in [0.3, 0.4) is 0 Å². The fourth-order valence-electron chi connectivity index (χ4n) is 4.21. The second-order valence-corrected chi connectivity index (χ2v) is 7.51. The Morgan fingerprint density at radius 3 is 2.56 bits per heavy atom. The Labute approximate surface area is 149 Å². The number of amides is 2.